The zero-order valence-electron chi connectivity index (χ0n) is 8.02. The molecule has 1 aliphatic heterocycles. The Balaban J connectivity index is 2.73. The Morgan fingerprint density at radius 3 is 2.29 bits per heavy atom. The summed E-state index contributed by atoms with van der Waals surface area (Å²) >= 11 is 11.7. The van der Waals surface area contributed by atoms with Crippen LogP contribution >= 0.6 is 23.2 Å². The molecule has 0 bridgehead atoms. The molecule has 0 amide bonds. The third-order valence-electron chi connectivity index (χ3n) is 2.28. The molecule has 14 heavy (non-hydrogen) atoms. The molecular formula is C8H14Cl2O4. The molecular weight excluding hydrogens is 231 g/mol. The highest BCUT2D eigenvalue weighted by atomic mass is 35.5. The van der Waals surface area contributed by atoms with Gasteiger partial charge in [-0.3, -0.25) is 0 Å². The highest BCUT2D eigenvalue weighted by Gasteiger charge is 2.44. The lowest BCUT2D eigenvalue weighted by atomic mass is 10.0. The Bertz CT molecular complexity index is 181. The second-order valence-electron chi connectivity index (χ2n) is 3.06. The van der Waals surface area contributed by atoms with Gasteiger partial charge in [0.25, 0.3) is 0 Å². The van der Waals surface area contributed by atoms with Crippen LogP contribution in [0.2, 0.25) is 0 Å². The number of rotatable bonds is 3. The van der Waals surface area contributed by atoms with Crippen LogP contribution in [-0.2, 0) is 14.2 Å². The molecule has 1 saturated heterocycles. The average molecular weight is 245 g/mol. The Morgan fingerprint density at radius 1 is 1.29 bits per heavy atom. The minimum absolute atomic E-state index is 0.210. The second-order valence-corrected chi connectivity index (χ2v) is 3.88. The molecule has 0 saturated carbocycles. The number of hydrogen-bond donors (Lipinski definition) is 1. The monoisotopic (exact) mass is 244 g/mol. The molecule has 84 valence electrons. The molecule has 1 aliphatic rings. The quantitative estimate of drug-likeness (QED) is 0.739. The highest BCUT2D eigenvalue weighted by Crippen LogP contribution is 2.28. The second kappa shape index (κ2) is 5.49. The maximum absolute atomic E-state index is 9.55. The molecule has 0 spiro atoms. The van der Waals surface area contributed by atoms with Gasteiger partial charge in [0.1, 0.15) is 12.2 Å². The molecule has 1 heterocycles. The lowest BCUT2D eigenvalue weighted by molar-refractivity contribution is -0.251. The summed E-state index contributed by atoms with van der Waals surface area (Å²) in [7, 11) is 2.98. The number of hydrogen-bond acceptors (Lipinski definition) is 4. The topological polar surface area (TPSA) is 47.9 Å². The van der Waals surface area contributed by atoms with Crippen LogP contribution in [0.3, 0.4) is 0 Å². The van der Waals surface area contributed by atoms with Gasteiger partial charge in [0.05, 0.1) is 17.4 Å². The maximum Gasteiger partial charge on any atom is 0.184 e. The number of methoxy groups -OCH3 is 2. The minimum atomic E-state index is -1.05. The Hall–Kier alpha value is 0.420. The largest absolute Gasteiger partial charge is 0.377 e. The van der Waals surface area contributed by atoms with Crippen molar-refractivity contribution in [2.24, 2.45) is 0 Å². The van der Waals surface area contributed by atoms with Crippen LogP contribution in [0, 0.1) is 0 Å². The van der Waals surface area contributed by atoms with E-state index in [1.807, 2.05) is 0 Å². The lowest BCUT2D eigenvalue weighted by Gasteiger charge is -2.40. The summed E-state index contributed by atoms with van der Waals surface area (Å²) in [4.78, 5) is 0. The molecule has 0 radical (unpaired) electrons. The number of alkyl halides is 2. The third kappa shape index (κ3) is 2.32. The predicted molar refractivity (Wildman–Crippen MR) is 52.8 cm³/mol. The first kappa shape index (κ1) is 12.5. The molecule has 0 aromatic rings. The smallest absolute Gasteiger partial charge is 0.184 e. The molecule has 0 aromatic carbocycles. The van der Waals surface area contributed by atoms with Crippen molar-refractivity contribution in [2.75, 3.05) is 20.1 Å². The van der Waals surface area contributed by atoms with Crippen molar-refractivity contribution in [3.8, 4) is 0 Å². The van der Waals surface area contributed by atoms with Crippen molar-refractivity contribution < 1.29 is 19.3 Å². The van der Waals surface area contributed by atoms with Crippen LogP contribution in [0.4, 0.5) is 0 Å². The van der Waals surface area contributed by atoms with Crippen molar-refractivity contribution in [3.05, 3.63) is 0 Å². The molecule has 0 aliphatic carbocycles. The van der Waals surface area contributed by atoms with Crippen LogP contribution in [0.1, 0.15) is 0 Å². The predicted octanol–water partition coefficient (Wildman–Crippen LogP) is 0.580. The van der Waals surface area contributed by atoms with Crippen LogP contribution in [-0.4, -0.2) is 55.2 Å². The minimum Gasteiger partial charge on any atom is -0.377 e. The van der Waals surface area contributed by atoms with Crippen molar-refractivity contribution in [1.82, 2.24) is 0 Å². The van der Waals surface area contributed by atoms with E-state index in [0.717, 1.165) is 0 Å². The van der Waals surface area contributed by atoms with E-state index in [1.54, 1.807) is 0 Å². The molecule has 1 fully saturated rings. The van der Waals surface area contributed by atoms with Gasteiger partial charge in [-0.25, -0.2) is 0 Å². The summed E-state index contributed by atoms with van der Waals surface area (Å²) in [5.74, 6) is 0.210. The van der Waals surface area contributed by atoms with Gasteiger partial charge in [-0.05, 0) is 0 Å². The Kier molecular flexibility index (Phi) is 4.90. The van der Waals surface area contributed by atoms with Crippen LogP contribution in [0.5, 0.6) is 0 Å². The van der Waals surface area contributed by atoms with Crippen LogP contribution < -0.4 is 0 Å². The SMILES string of the molecule is CO[C@@H]1[C@@H](Cl)[C@@H](CCl)O[C@@H](O)[C@H]1OC. The van der Waals surface area contributed by atoms with Gasteiger partial charge >= 0.3 is 0 Å². The summed E-state index contributed by atoms with van der Waals surface area (Å²) in [6.45, 7) is 0. The Labute approximate surface area is 93.0 Å². The standard InChI is InChI=1S/C8H14Cl2O4/c1-12-6-5(10)4(3-9)14-8(11)7(6)13-2/h4-8,11H,3H2,1-2H3/t4-,5+,6-,7+,8-/m1/s1. The number of aliphatic hydroxyl groups excluding tert-OH is 1. The van der Waals surface area contributed by atoms with E-state index >= 15 is 0 Å². The van der Waals surface area contributed by atoms with E-state index in [4.69, 9.17) is 37.4 Å². The van der Waals surface area contributed by atoms with E-state index in [-0.39, 0.29) is 5.88 Å². The summed E-state index contributed by atoms with van der Waals surface area (Å²) in [5, 5.41) is 9.12. The first-order chi connectivity index (χ1) is 6.65. The normalized spacial score (nSPS) is 43.9. The number of halogens is 2. The molecule has 5 atom stereocenters. The zero-order valence-corrected chi connectivity index (χ0v) is 9.53. The zero-order chi connectivity index (χ0) is 10.7. The Morgan fingerprint density at radius 2 is 1.86 bits per heavy atom. The van der Waals surface area contributed by atoms with Gasteiger partial charge in [0.2, 0.25) is 0 Å². The fraction of sp³-hybridized carbons (Fsp3) is 1.00. The van der Waals surface area contributed by atoms with Crippen molar-refractivity contribution >= 4 is 23.2 Å². The van der Waals surface area contributed by atoms with Gasteiger partial charge in [-0.1, -0.05) is 0 Å². The van der Waals surface area contributed by atoms with Gasteiger partial charge in [-0.15, -0.1) is 23.2 Å². The van der Waals surface area contributed by atoms with Crippen molar-refractivity contribution in [2.45, 2.75) is 30.0 Å². The van der Waals surface area contributed by atoms with Crippen LogP contribution in [0.25, 0.3) is 0 Å². The first-order valence-electron chi connectivity index (χ1n) is 4.24. The molecule has 4 nitrogen and oxygen atoms in total. The number of aliphatic hydroxyl groups is 1. The summed E-state index contributed by atoms with van der Waals surface area (Å²) < 4.78 is 15.4. The van der Waals surface area contributed by atoms with E-state index in [9.17, 15) is 5.11 Å². The van der Waals surface area contributed by atoms with E-state index in [0.29, 0.717) is 0 Å². The maximum atomic E-state index is 9.55. The van der Waals surface area contributed by atoms with Gasteiger partial charge in [-0.2, -0.15) is 0 Å². The van der Waals surface area contributed by atoms with Gasteiger partial charge in [0.15, 0.2) is 6.29 Å². The van der Waals surface area contributed by atoms with E-state index in [1.165, 1.54) is 14.2 Å². The summed E-state index contributed by atoms with van der Waals surface area (Å²) in [6.07, 6.45) is -2.48. The lowest BCUT2D eigenvalue weighted by Crippen LogP contribution is -2.57. The van der Waals surface area contributed by atoms with Gasteiger partial charge < -0.3 is 19.3 Å². The van der Waals surface area contributed by atoms with E-state index in [2.05, 4.69) is 0 Å². The van der Waals surface area contributed by atoms with Crippen molar-refractivity contribution in [3.63, 3.8) is 0 Å². The van der Waals surface area contributed by atoms with E-state index < -0.39 is 30.0 Å². The first-order valence-corrected chi connectivity index (χ1v) is 5.22. The molecule has 6 heteroatoms. The molecule has 0 aromatic heterocycles. The summed E-state index contributed by atoms with van der Waals surface area (Å²) in [5.41, 5.74) is 0. The molecule has 0 unspecified atom stereocenters. The molecule has 1 rings (SSSR count). The highest BCUT2D eigenvalue weighted by molar-refractivity contribution is 6.23. The van der Waals surface area contributed by atoms with Gasteiger partial charge in [0, 0.05) is 14.2 Å². The third-order valence-corrected chi connectivity index (χ3v) is 3.12. The molecule has 1 N–H and O–H groups in total. The van der Waals surface area contributed by atoms with Crippen LogP contribution in [0.15, 0.2) is 0 Å². The number of ether oxygens (including phenoxy) is 3. The summed E-state index contributed by atoms with van der Waals surface area (Å²) in [6, 6.07) is 0. The average Bonchev–Trinajstić information content (AvgIpc) is 2.20. The fourth-order valence-corrected chi connectivity index (χ4v) is 2.27. The fourth-order valence-electron chi connectivity index (χ4n) is 1.52. The van der Waals surface area contributed by atoms with Crippen molar-refractivity contribution in [1.29, 1.82) is 0 Å².